The second-order valence-electron chi connectivity index (χ2n) is 2.81. The number of rotatable bonds is 6. The molecule has 72 valence electrons. The van der Waals surface area contributed by atoms with Gasteiger partial charge in [-0.15, -0.1) is 0 Å². The highest BCUT2D eigenvalue weighted by Crippen LogP contribution is 2.00. The van der Waals surface area contributed by atoms with E-state index < -0.39 is 0 Å². The molecule has 0 aromatic carbocycles. The fourth-order valence-corrected chi connectivity index (χ4v) is 1.39. The maximum Gasteiger partial charge on any atom is 0.221 e. The second kappa shape index (κ2) is 7.43. The molecule has 0 atom stereocenters. The Morgan fingerprint density at radius 3 is 2.67 bits per heavy atom. The summed E-state index contributed by atoms with van der Waals surface area (Å²) in [6.07, 6.45) is 0.544. The van der Waals surface area contributed by atoms with Gasteiger partial charge in [-0.1, -0.05) is 0 Å². The number of aliphatic hydroxyl groups excluding tert-OH is 1. The molecule has 0 aromatic rings. The number of thioether (sulfide) groups is 1. The third-order valence-corrected chi connectivity index (χ3v) is 2.12. The van der Waals surface area contributed by atoms with Gasteiger partial charge < -0.3 is 10.4 Å². The summed E-state index contributed by atoms with van der Waals surface area (Å²) in [6, 6.07) is 0.223. The highest BCUT2D eigenvalue weighted by atomic mass is 32.2. The third kappa shape index (κ3) is 7.88. The summed E-state index contributed by atoms with van der Waals surface area (Å²) in [4.78, 5) is 11.0. The molecule has 0 aliphatic rings. The van der Waals surface area contributed by atoms with E-state index in [0.717, 1.165) is 11.5 Å². The van der Waals surface area contributed by atoms with Crippen molar-refractivity contribution in [3.05, 3.63) is 0 Å². The Morgan fingerprint density at radius 2 is 2.17 bits per heavy atom. The van der Waals surface area contributed by atoms with Crippen LogP contribution in [0.4, 0.5) is 0 Å². The summed E-state index contributed by atoms with van der Waals surface area (Å²) in [5, 5.41) is 11.3. The van der Waals surface area contributed by atoms with E-state index in [1.165, 1.54) is 0 Å². The van der Waals surface area contributed by atoms with Gasteiger partial charge in [0.15, 0.2) is 0 Å². The number of hydrogen-bond acceptors (Lipinski definition) is 3. The smallest absolute Gasteiger partial charge is 0.221 e. The first kappa shape index (κ1) is 11.8. The van der Waals surface area contributed by atoms with Crippen molar-refractivity contribution in [3.8, 4) is 0 Å². The highest BCUT2D eigenvalue weighted by Gasteiger charge is 2.01. The first-order valence-corrected chi connectivity index (χ1v) is 5.30. The highest BCUT2D eigenvalue weighted by molar-refractivity contribution is 7.99. The van der Waals surface area contributed by atoms with Crippen molar-refractivity contribution in [2.24, 2.45) is 0 Å². The molecule has 4 heteroatoms. The van der Waals surface area contributed by atoms with Gasteiger partial charge in [0, 0.05) is 24.0 Å². The normalized spacial score (nSPS) is 10.3. The third-order valence-electron chi connectivity index (χ3n) is 1.16. The van der Waals surface area contributed by atoms with Crippen molar-refractivity contribution in [1.29, 1.82) is 0 Å². The predicted octanol–water partition coefficient (Wildman–Crippen LogP) is 0.627. The van der Waals surface area contributed by atoms with Crippen LogP contribution in [0.5, 0.6) is 0 Å². The molecule has 0 rings (SSSR count). The van der Waals surface area contributed by atoms with Crippen molar-refractivity contribution in [2.45, 2.75) is 26.3 Å². The Morgan fingerprint density at radius 1 is 1.50 bits per heavy atom. The minimum absolute atomic E-state index is 0.0930. The van der Waals surface area contributed by atoms with Gasteiger partial charge in [-0.25, -0.2) is 0 Å². The van der Waals surface area contributed by atoms with E-state index in [2.05, 4.69) is 5.32 Å². The Balaban J connectivity index is 3.20. The van der Waals surface area contributed by atoms with E-state index in [1.54, 1.807) is 11.8 Å². The van der Waals surface area contributed by atoms with Crippen LogP contribution in [-0.4, -0.2) is 35.2 Å². The van der Waals surface area contributed by atoms with Crippen LogP contribution >= 0.6 is 11.8 Å². The molecular formula is C8H17NO2S. The zero-order valence-corrected chi connectivity index (χ0v) is 8.49. The fraction of sp³-hybridized carbons (Fsp3) is 0.875. The number of carbonyl (C=O) groups is 1. The van der Waals surface area contributed by atoms with Gasteiger partial charge in [-0.3, -0.25) is 4.79 Å². The van der Waals surface area contributed by atoms with E-state index >= 15 is 0 Å². The molecule has 0 heterocycles. The first-order chi connectivity index (χ1) is 5.66. The molecule has 3 nitrogen and oxygen atoms in total. The summed E-state index contributed by atoms with van der Waals surface area (Å²) in [5.74, 6) is 1.60. The Hall–Kier alpha value is -0.220. The lowest BCUT2D eigenvalue weighted by Crippen LogP contribution is -2.30. The Labute approximate surface area is 77.9 Å². The van der Waals surface area contributed by atoms with E-state index in [1.807, 2.05) is 13.8 Å². The Bertz CT molecular complexity index is 128. The van der Waals surface area contributed by atoms with Crippen LogP contribution in [0.3, 0.4) is 0 Å². The molecule has 2 N–H and O–H groups in total. The second-order valence-corrected chi connectivity index (χ2v) is 4.03. The molecule has 0 aromatic heterocycles. The molecule has 12 heavy (non-hydrogen) atoms. The average molecular weight is 191 g/mol. The molecule has 0 bridgehead atoms. The molecular weight excluding hydrogens is 174 g/mol. The lowest BCUT2D eigenvalue weighted by atomic mass is 10.3. The zero-order chi connectivity index (χ0) is 9.40. The summed E-state index contributed by atoms with van der Waals surface area (Å²) < 4.78 is 0. The predicted molar refractivity (Wildman–Crippen MR) is 52.3 cm³/mol. The average Bonchev–Trinajstić information content (AvgIpc) is 1.97. The van der Waals surface area contributed by atoms with Crippen LogP contribution in [0, 0.1) is 0 Å². The minimum atomic E-state index is 0.0930. The van der Waals surface area contributed by atoms with Gasteiger partial charge in [-0.05, 0) is 13.8 Å². The quantitative estimate of drug-likeness (QED) is 0.605. The van der Waals surface area contributed by atoms with Crippen molar-refractivity contribution in [1.82, 2.24) is 5.32 Å². The standard InChI is InChI=1S/C8H17NO2S/c1-7(2)9-8(11)3-5-12-6-4-10/h7,10H,3-6H2,1-2H3,(H,9,11). The number of aliphatic hydroxyl groups is 1. The number of amides is 1. The van der Waals surface area contributed by atoms with Crippen LogP contribution < -0.4 is 5.32 Å². The minimum Gasteiger partial charge on any atom is -0.396 e. The molecule has 0 aliphatic carbocycles. The Kier molecular flexibility index (Phi) is 7.29. The first-order valence-electron chi connectivity index (χ1n) is 4.14. The zero-order valence-electron chi connectivity index (χ0n) is 7.67. The summed E-state index contributed by atoms with van der Waals surface area (Å²) in [6.45, 7) is 4.08. The van der Waals surface area contributed by atoms with E-state index in [9.17, 15) is 4.79 Å². The molecule has 0 unspecified atom stereocenters. The summed E-state index contributed by atoms with van der Waals surface area (Å²) in [7, 11) is 0. The van der Waals surface area contributed by atoms with Gasteiger partial charge in [0.2, 0.25) is 5.91 Å². The number of carbonyl (C=O) groups excluding carboxylic acids is 1. The van der Waals surface area contributed by atoms with Crippen LogP contribution in [-0.2, 0) is 4.79 Å². The van der Waals surface area contributed by atoms with Crippen LogP contribution in [0.25, 0.3) is 0 Å². The molecule has 0 aliphatic heterocycles. The number of hydrogen-bond donors (Lipinski definition) is 2. The molecule has 0 spiro atoms. The molecule has 1 amide bonds. The van der Waals surface area contributed by atoms with Crippen molar-refractivity contribution in [2.75, 3.05) is 18.1 Å². The van der Waals surface area contributed by atoms with Gasteiger partial charge in [0.05, 0.1) is 6.61 Å². The van der Waals surface area contributed by atoms with Gasteiger partial charge in [0.1, 0.15) is 0 Å². The molecule has 0 radical (unpaired) electrons. The van der Waals surface area contributed by atoms with E-state index in [0.29, 0.717) is 6.42 Å². The lowest BCUT2D eigenvalue weighted by Gasteiger charge is -2.07. The van der Waals surface area contributed by atoms with Crippen LogP contribution in [0.15, 0.2) is 0 Å². The lowest BCUT2D eigenvalue weighted by molar-refractivity contribution is -0.121. The summed E-state index contributed by atoms with van der Waals surface area (Å²) in [5.41, 5.74) is 0. The van der Waals surface area contributed by atoms with Crippen LogP contribution in [0.1, 0.15) is 20.3 Å². The van der Waals surface area contributed by atoms with E-state index in [-0.39, 0.29) is 18.6 Å². The SMILES string of the molecule is CC(C)NC(=O)CCSCCO. The fourth-order valence-electron chi connectivity index (χ4n) is 0.726. The number of nitrogens with one attached hydrogen (secondary N) is 1. The molecule has 0 fully saturated rings. The monoisotopic (exact) mass is 191 g/mol. The maximum atomic E-state index is 11.0. The van der Waals surface area contributed by atoms with Crippen molar-refractivity contribution in [3.63, 3.8) is 0 Å². The topological polar surface area (TPSA) is 49.3 Å². The summed E-state index contributed by atoms with van der Waals surface area (Å²) >= 11 is 1.60. The van der Waals surface area contributed by atoms with Crippen LogP contribution in [0.2, 0.25) is 0 Å². The van der Waals surface area contributed by atoms with Gasteiger partial charge in [0.25, 0.3) is 0 Å². The van der Waals surface area contributed by atoms with E-state index in [4.69, 9.17) is 5.11 Å². The largest absolute Gasteiger partial charge is 0.396 e. The van der Waals surface area contributed by atoms with Gasteiger partial charge in [-0.2, -0.15) is 11.8 Å². The van der Waals surface area contributed by atoms with Crippen molar-refractivity contribution >= 4 is 17.7 Å². The van der Waals surface area contributed by atoms with Crippen molar-refractivity contribution < 1.29 is 9.90 Å². The van der Waals surface area contributed by atoms with Gasteiger partial charge >= 0.3 is 0 Å². The maximum absolute atomic E-state index is 11.0. The molecule has 0 saturated carbocycles. The molecule has 0 saturated heterocycles.